The van der Waals surface area contributed by atoms with Gasteiger partial charge in [0.15, 0.2) is 11.0 Å². The lowest BCUT2D eigenvalue weighted by atomic mass is 9.85. The maximum absolute atomic E-state index is 12.9. The standard InChI is InChI=1S/C25H29F3N6S/c1-24-10-13-34(20-8-6-19(7-9-20)25(26,27)28)21(24)16-33(17-24)12-4-14-35-23-31-30-22(32(23)2)18-5-3-11-29-15-18/h3,5-9,11,15,21H,4,10,12-14,16-17H2,1-2H3/t21-,24+/m0/s1. The normalized spacial score (nSPS) is 22.7. The summed E-state index contributed by atoms with van der Waals surface area (Å²) in [6.07, 6.45) is 1.32. The average molecular weight is 503 g/mol. The predicted molar refractivity (Wildman–Crippen MR) is 131 cm³/mol. The van der Waals surface area contributed by atoms with Crippen LogP contribution >= 0.6 is 11.8 Å². The molecule has 2 aliphatic rings. The van der Waals surface area contributed by atoms with Gasteiger partial charge >= 0.3 is 6.18 Å². The first-order valence-electron chi connectivity index (χ1n) is 11.8. The zero-order valence-corrected chi connectivity index (χ0v) is 20.7. The quantitative estimate of drug-likeness (QED) is 0.336. The second-order valence-corrected chi connectivity index (χ2v) is 10.8. The van der Waals surface area contributed by atoms with Gasteiger partial charge in [0, 0.05) is 67.5 Å². The number of likely N-dealkylation sites (tertiary alicyclic amines) is 1. The maximum atomic E-state index is 12.9. The molecule has 0 amide bonds. The Morgan fingerprint density at radius 3 is 2.66 bits per heavy atom. The molecule has 4 heterocycles. The fourth-order valence-electron chi connectivity index (χ4n) is 5.36. The summed E-state index contributed by atoms with van der Waals surface area (Å²) in [5, 5.41) is 9.55. The van der Waals surface area contributed by atoms with Crippen LogP contribution in [0.2, 0.25) is 0 Å². The molecule has 2 fully saturated rings. The number of halogens is 3. The highest BCUT2D eigenvalue weighted by atomic mass is 32.2. The predicted octanol–water partition coefficient (Wildman–Crippen LogP) is 4.98. The van der Waals surface area contributed by atoms with Crippen LogP contribution in [-0.4, -0.2) is 62.6 Å². The number of pyridine rings is 1. The Labute approximate surface area is 207 Å². The molecule has 5 rings (SSSR count). The Morgan fingerprint density at radius 2 is 1.94 bits per heavy atom. The van der Waals surface area contributed by atoms with Gasteiger partial charge < -0.3 is 14.4 Å². The summed E-state index contributed by atoms with van der Waals surface area (Å²) < 4.78 is 40.8. The highest BCUT2D eigenvalue weighted by Gasteiger charge is 2.50. The monoisotopic (exact) mass is 502 g/mol. The molecule has 0 N–H and O–H groups in total. The zero-order valence-electron chi connectivity index (χ0n) is 19.9. The van der Waals surface area contributed by atoms with Gasteiger partial charge in [-0.05, 0) is 55.8 Å². The molecule has 0 unspecified atom stereocenters. The van der Waals surface area contributed by atoms with Crippen molar-refractivity contribution in [2.45, 2.75) is 37.1 Å². The van der Waals surface area contributed by atoms with Crippen LogP contribution in [0.25, 0.3) is 11.4 Å². The topological polar surface area (TPSA) is 50.1 Å². The van der Waals surface area contributed by atoms with Crippen molar-refractivity contribution in [3.05, 3.63) is 54.4 Å². The summed E-state index contributed by atoms with van der Waals surface area (Å²) in [4.78, 5) is 8.96. The molecule has 1 aromatic carbocycles. The molecule has 186 valence electrons. The lowest BCUT2D eigenvalue weighted by Crippen LogP contribution is -2.37. The second-order valence-electron chi connectivity index (χ2n) is 9.70. The van der Waals surface area contributed by atoms with E-state index in [1.54, 1.807) is 36.3 Å². The third-order valence-electron chi connectivity index (χ3n) is 7.25. The number of hydrogen-bond acceptors (Lipinski definition) is 6. The summed E-state index contributed by atoms with van der Waals surface area (Å²) in [5.41, 5.74) is 1.40. The second kappa shape index (κ2) is 9.46. The van der Waals surface area contributed by atoms with E-state index in [-0.39, 0.29) is 5.41 Å². The van der Waals surface area contributed by atoms with Crippen molar-refractivity contribution in [1.29, 1.82) is 0 Å². The van der Waals surface area contributed by atoms with E-state index in [0.717, 1.165) is 67.0 Å². The van der Waals surface area contributed by atoms with E-state index in [1.807, 2.05) is 23.7 Å². The molecule has 6 nitrogen and oxygen atoms in total. The van der Waals surface area contributed by atoms with Crippen LogP contribution < -0.4 is 4.90 Å². The van der Waals surface area contributed by atoms with Crippen molar-refractivity contribution in [3.63, 3.8) is 0 Å². The fourth-order valence-corrected chi connectivity index (χ4v) is 6.19. The van der Waals surface area contributed by atoms with E-state index in [2.05, 4.69) is 31.9 Å². The molecule has 2 aromatic heterocycles. The van der Waals surface area contributed by atoms with Crippen LogP contribution in [0, 0.1) is 5.41 Å². The van der Waals surface area contributed by atoms with Gasteiger partial charge in [-0.1, -0.05) is 18.7 Å². The summed E-state index contributed by atoms with van der Waals surface area (Å²) >= 11 is 1.71. The van der Waals surface area contributed by atoms with E-state index < -0.39 is 11.7 Å². The van der Waals surface area contributed by atoms with Gasteiger partial charge in [0.25, 0.3) is 0 Å². The van der Waals surface area contributed by atoms with Gasteiger partial charge in [0.1, 0.15) is 0 Å². The lowest BCUT2D eigenvalue weighted by molar-refractivity contribution is -0.137. The summed E-state index contributed by atoms with van der Waals surface area (Å²) in [6, 6.07) is 9.82. The van der Waals surface area contributed by atoms with Gasteiger partial charge in [-0.15, -0.1) is 10.2 Å². The molecule has 3 aromatic rings. The maximum Gasteiger partial charge on any atom is 0.416 e. The first-order valence-corrected chi connectivity index (χ1v) is 12.8. The first kappa shape index (κ1) is 24.1. The SMILES string of the molecule is Cn1c(SCCCN2C[C@@H]3N(c4ccc(C(F)(F)F)cc4)CC[C@]3(C)C2)nnc1-c1cccnc1. The van der Waals surface area contributed by atoms with Crippen molar-refractivity contribution in [3.8, 4) is 11.4 Å². The lowest BCUT2D eigenvalue weighted by Gasteiger charge is -2.30. The van der Waals surface area contributed by atoms with Gasteiger partial charge in [0.2, 0.25) is 0 Å². The molecule has 10 heteroatoms. The van der Waals surface area contributed by atoms with Crippen LogP contribution in [0.5, 0.6) is 0 Å². The van der Waals surface area contributed by atoms with Crippen LogP contribution in [0.4, 0.5) is 18.9 Å². The summed E-state index contributed by atoms with van der Waals surface area (Å²) in [6.45, 7) is 6.16. The summed E-state index contributed by atoms with van der Waals surface area (Å²) in [5.74, 6) is 1.75. The number of aromatic nitrogens is 4. The van der Waals surface area contributed by atoms with Crippen LogP contribution in [0.3, 0.4) is 0 Å². The van der Waals surface area contributed by atoms with E-state index in [0.29, 0.717) is 6.04 Å². The largest absolute Gasteiger partial charge is 0.416 e. The Hall–Kier alpha value is -2.59. The van der Waals surface area contributed by atoms with Crippen molar-refractivity contribution < 1.29 is 13.2 Å². The Morgan fingerprint density at radius 1 is 1.14 bits per heavy atom. The van der Waals surface area contributed by atoms with E-state index in [4.69, 9.17) is 0 Å². The van der Waals surface area contributed by atoms with Crippen molar-refractivity contribution in [2.75, 3.05) is 36.8 Å². The zero-order chi connectivity index (χ0) is 24.6. The minimum absolute atomic E-state index is 0.165. The highest BCUT2D eigenvalue weighted by Crippen LogP contribution is 2.44. The first-order chi connectivity index (χ1) is 16.7. The van der Waals surface area contributed by atoms with Crippen molar-refractivity contribution in [1.82, 2.24) is 24.6 Å². The minimum Gasteiger partial charge on any atom is -0.367 e. The van der Waals surface area contributed by atoms with Gasteiger partial charge in [0.05, 0.1) is 5.56 Å². The average Bonchev–Trinajstić information content (AvgIpc) is 3.47. The molecule has 0 radical (unpaired) electrons. The van der Waals surface area contributed by atoms with E-state index in [9.17, 15) is 13.2 Å². The van der Waals surface area contributed by atoms with Crippen LogP contribution in [0.1, 0.15) is 25.3 Å². The Balaban J connectivity index is 1.14. The van der Waals surface area contributed by atoms with E-state index in [1.165, 1.54) is 12.1 Å². The Bertz CT molecular complexity index is 1150. The fraction of sp³-hybridized carbons (Fsp3) is 0.480. The molecular weight excluding hydrogens is 473 g/mol. The summed E-state index contributed by atoms with van der Waals surface area (Å²) in [7, 11) is 1.98. The van der Waals surface area contributed by atoms with Crippen molar-refractivity contribution >= 4 is 17.4 Å². The molecule has 35 heavy (non-hydrogen) atoms. The molecule has 2 saturated heterocycles. The third kappa shape index (κ3) is 4.91. The number of fused-ring (bicyclic) bond motifs is 1. The van der Waals surface area contributed by atoms with Gasteiger partial charge in [-0.2, -0.15) is 13.2 Å². The van der Waals surface area contributed by atoms with E-state index >= 15 is 0 Å². The Kier molecular flexibility index (Phi) is 6.52. The number of thioether (sulfide) groups is 1. The number of anilines is 1. The number of benzene rings is 1. The molecule has 0 spiro atoms. The molecule has 0 saturated carbocycles. The molecule has 2 atom stereocenters. The van der Waals surface area contributed by atoms with Gasteiger partial charge in [-0.3, -0.25) is 4.98 Å². The minimum atomic E-state index is -4.30. The molecule has 0 bridgehead atoms. The molecular formula is C25H29F3N6S. The number of hydrogen-bond donors (Lipinski definition) is 0. The molecule has 0 aliphatic carbocycles. The van der Waals surface area contributed by atoms with Gasteiger partial charge in [-0.25, -0.2) is 0 Å². The third-order valence-corrected chi connectivity index (χ3v) is 8.36. The smallest absolute Gasteiger partial charge is 0.367 e. The number of rotatable bonds is 7. The number of alkyl halides is 3. The number of nitrogens with zero attached hydrogens (tertiary/aromatic N) is 6. The molecule has 2 aliphatic heterocycles. The van der Waals surface area contributed by atoms with Crippen LogP contribution in [-0.2, 0) is 13.2 Å². The van der Waals surface area contributed by atoms with Crippen molar-refractivity contribution in [2.24, 2.45) is 12.5 Å². The van der Waals surface area contributed by atoms with Crippen LogP contribution in [0.15, 0.2) is 53.9 Å². The highest BCUT2D eigenvalue weighted by molar-refractivity contribution is 7.99.